The van der Waals surface area contributed by atoms with Crippen LogP contribution in [-0.4, -0.2) is 48.2 Å². The molecule has 0 saturated carbocycles. The predicted octanol–water partition coefficient (Wildman–Crippen LogP) is 2.34. The molecule has 1 rings (SSSR count). The molecule has 0 aliphatic rings. The summed E-state index contributed by atoms with van der Waals surface area (Å²) >= 11 is 0. The monoisotopic (exact) mass is 289 g/mol. The molecule has 0 radical (unpaired) electrons. The van der Waals surface area contributed by atoms with E-state index in [9.17, 15) is 18.0 Å². The Bertz CT molecular complexity index is 472. The fourth-order valence-corrected chi connectivity index (χ4v) is 1.82. The number of aryl methyl sites for hydroxylation is 2. The Labute approximate surface area is 116 Å². The van der Waals surface area contributed by atoms with Gasteiger partial charge in [-0.05, 0) is 31.0 Å². The quantitative estimate of drug-likeness (QED) is 0.817. The third-order valence-electron chi connectivity index (χ3n) is 3.02. The van der Waals surface area contributed by atoms with Crippen molar-refractivity contribution in [2.45, 2.75) is 20.0 Å². The van der Waals surface area contributed by atoms with Gasteiger partial charge < -0.3 is 5.11 Å². The summed E-state index contributed by atoms with van der Waals surface area (Å²) in [6, 6.07) is 5.04. The molecule has 0 aliphatic carbocycles. The average molecular weight is 289 g/mol. The molecule has 0 bridgehead atoms. The molecule has 6 heteroatoms. The summed E-state index contributed by atoms with van der Waals surface area (Å²) in [4.78, 5) is 12.9. The maximum absolute atomic E-state index is 12.4. The Kier molecular flexibility index (Phi) is 5.71. The molecule has 0 heterocycles. The van der Waals surface area contributed by atoms with Crippen LogP contribution in [0.1, 0.15) is 21.5 Å². The van der Waals surface area contributed by atoms with Crippen LogP contribution in [0.4, 0.5) is 13.2 Å². The minimum Gasteiger partial charge on any atom is -0.395 e. The van der Waals surface area contributed by atoms with E-state index in [0.29, 0.717) is 5.56 Å². The first-order chi connectivity index (χ1) is 9.23. The number of aliphatic hydroxyl groups excluding tert-OH is 1. The SMILES string of the molecule is Cc1ccc(C(=O)CN(CCO)CC(F)(F)F)cc1C. The molecular formula is C14H18F3NO2. The molecule has 0 aromatic heterocycles. The molecule has 112 valence electrons. The molecule has 1 N–H and O–H groups in total. The zero-order valence-corrected chi connectivity index (χ0v) is 11.5. The second kappa shape index (κ2) is 6.85. The third-order valence-corrected chi connectivity index (χ3v) is 3.02. The van der Waals surface area contributed by atoms with Gasteiger partial charge in [0.05, 0.1) is 19.7 Å². The number of nitrogens with zero attached hydrogens (tertiary/aromatic N) is 1. The minimum atomic E-state index is -4.39. The van der Waals surface area contributed by atoms with Crippen LogP contribution < -0.4 is 0 Å². The summed E-state index contributed by atoms with van der Waals surface area (Å²) in [5.41, 5.74) is 2.32. The number of alkyl halides is 3. The van der Waals surface area contributed by atoms with Crippen molar-refractivity contribution in [2.24, 2.45) is 0 Å². The zero-order valence-electron chi connectivity index (χ0n) is 11.5. The van der Waals surface area contributed by atoms with Crippen molar-refractivity contribution in [1.29, 1.82) is 0 Å². The van der Waals surface area contributed by atoms with Crippen LogP contribution in [0.25, 0.3) is 0 Å². The second-order valence-electron chi connectivity index (χ2n) is 4.77. The number of carbonyl (C=O) groups is 1. The molecule has 1 aromatic carbocycles. The van der Waals surface area contributed by atoms with Gasteiger partial charge in [0.15, 0.2) is 5.78 Å². The van der Waals surface area contributed by atoms with Crippen LogP contribution >= 0.6 is 0 Å². The van der Waals surface area contributed by atoms with Crippen molar-refractivity contribution >= 4 is 5.78 Å². The Hall–Kier alpha value is -1.40. The number of aliphatic hydroxyl groups is 1. The number of halogens is 3. The Morgan fingerprint density at radius 3 is 2.40 bits per heavy atom. The first-order valence-corrected chi connectivity index (χ1v) is 6.23. The van der Waals surface area contributed by atoms with E-state index in [1.807, 2.05) is 13.8 Å². The molecule has 1 aromatic rings. The van der Waals surface area contributed by atoms with Crippen molar-refractivity contribution in [1.82, 2.24) is 4.90 Å². The number of hydrogen-bond donors (Lipinski definition) is 1. The van der Waals surface area contributed by atoms with Gasteiger partial charge in [0.2, 0.25) is 0 Å². The fourth-order valence-electron chi connectivity index (χ4n) is 1.82. The van der Waals surface area contributed by atoms with Gasteiger partial charge in [0.1, 0.15) is 0 Å². The van der Waals surface area contributed by atoms with E-state index in [0.717, 1.165) is 16.0 Å². The first-order valence-electron chi connectivity index (χ1n) is 6.23. The highest BCUT2D eigenvalue weighted by molar-refractivity contribution is 5.97. The normalized spacial score (nSPS) is 11.9. The van der Waals surface area contributed by atoms with Gasteiger partial charge in [-0.25, -0.2) is 0 Å². The number of Topliss-reactive ketones (excluding diaryl/α,β-unsaturated/α-hetero) is 1. The number of ketones is 1. The smallest absolute Gasteiger partial charge is 0.395 e. The second-order valence-corrected chi connectivity index (χ2v) is 4.77. The van der Waals surface area contributed by atoms with E-state index in [2.05, 4.69) is 0 Å². The molecule has 0 amide bonds. The summed E-state index contributed by atoms with van der Waals surface area (Å²) in [6.07, 6.45) is -4.39. The van der Waals surface area contributed by atoms with Gasteiger partial charge in [0.25, 0.3) is 0 Å². The van der Waals surface area contributed by atoms with E-state index in [-0.39, 0.29) is 18.9 Å². The topological polar surface area (TPSA) is 40.5 Å². The van der Waals surface area contributed by atoms with Crippen LogP contribution in [0.2, 0.25) is 0 Å². The summed E-state index contributed by atoms with van der Waals surface area (Å²) < 4.78 is 37.1. The van der Waals surface area contributed by atoms with E-state index in [1.165, 1.54) is 0 Å². The lowest BCUT2D eigenvalue weighted by Gasteiger charge is -2.22. The van der Waals surface area contributed by atoms with Crippen molar-refractivity contribution in [2.75, 3.05) is 26.2 Å². The lowest BCUT2D eigenvalue weighted by atomic mass is 10.0. The van der Waals surface area contributed by atoms with Gasteiger partial charge in [-0.1, -0.05) is 12.1 Å². The number of rotatable bonds is 6. The highest BCUT2D eigenvalue weighted by Crippen LogP contribution is 2.17. The van der Waals surface area contributed by atoms with Crippen molar-refractivity contribution < 1.29 is 23.1 Å². The molecular weight excluding hydrogens is 271 g/mol. The first kappa shape index (κ1) is 16.7. The molecule has 0 aliphatic heterocycles. The predicted molar refractivity (Wildman–Crippen MR) is 69.8 cm³/mol. The summed E-state index contributed by atoms with van der Waals surface area (Å²) in [5, 5.41) is 8.78. The number of carbonyl (C=O) groups excluding carboxylic acids is 1. The van der Waals surface area contributed by atoms with Crippen LogP contribution in [0.3, 0.4) is 0 Å². The van der Waals surface area contributed by atoms with Crippen LogP contribution in [0, 0.1) is 13.8 Å². The fraction of sp³-hybridized carbons (Fsp3) is 0.500. The summed E-state index contributed by atoms with van der Waals surface area (Å²) in [7, 11) is 0. The number of hydrogen-bond acceptors (Lipinski definition) is 3. The molecule has 3 nitrogen and oxygen atoms in total. The Morgan fingerprint density at radius 1 is 1.25 bits per heavy atom. The van der Waals surface area contributed by atoms with Crippen molar-refractivity contribution in [3.8, 4) is 0 Å². The van der Waals surface area contributed by atoms with Gasteiger partial charge in [-0.15, -0.1) is 0 Å². The highest BCUT2D eigenvalue weighted by Gasteiger charge is 2.31. The van der Waals surface area contributed by atoms with Crippen LogP contribution in [-0.2, 0) is 0 Å². The Morgan fingerprint density at radius 2 is 1.90 bits per heavy atom. The average Bonchev–Trinajstić information content (AvgIpc) is 2.30. The van der Waals surface area contributed by atoms with Crippen LogP contribution in [0.15, 0.2) is 18.2 Å². The van der Waals surface area contributed by atoms with E-state index >= 15 is 0 Å². The largest absolute Gasteiger partial charge is 0.401 e. The van der Waals surface area contributed by atoms with Crippen molar-refractivity contribution in [3.05, 3.63) is 34.9 Å². The van der Waals surface area contributed by atoms with Crippen molar-refractivity contribution in [3.63, 3.8) is 0 Å². The molecule has 20 heavy (non-hydrogen) atoms. The van der Waals surface area contributed by atoms with Gasteiger partial charge in [-0.3, -0.25) is 9.69 Å². The highest BCUT2D eigenvalue weighted by atomic mass is 19.4. The van der Waals surface area contributed by atoms with E-state index < -0.39 is 19.3 Å². The summed E-state index contributed by atoms with van der Waals surface area (Å²) in [5.74, 6) is -0.384. The Balaban J connectivity index is 2.77. The molecule has 0 spiro atoms. The minimum absolute atomic E-state index is 0.184. The maximum Gasteiger partial charge on any atom is 0.401 e. The standard InChI is InChI=1S/C14H18F3NO2/c1-10-3-4-12(7-11(10)2)13(20)8-18(5-6-19)9-14(15,16)17/h3-4,7,19H,5-6,8-9H2,1-2H3. The van der Waals surface area contributed by atoms with Gasteiger partial charge >= 0.3 is 6.18 Å². The number of benzene rings is 1. The summed E-state index contributed by atoms with van der Waals surface area (Å²) in [6.45, 7) is 1.57. The van der Waals surface area contributed by atoms with Crippen LogP contribution in [0.5, 0.6) is 0 Å². The van der Waals surface area contributed by atoms with Gasteiger partial charge in [-0.2, -0.15) is 13.2 Å². The van der Waals surface area contributed by atoms with Gasteiger partial charge in [0, 0.05) is 12.1 Å². The molecule has 0 saturated heterocycles. The zero-order chi connectivity index (χ0) is 15.3. The maximum atomic E-state index is 12.4. The van der Waals surface area contributed by atoms with E-state index in [4.69, 9.17) is 5.11 Å². The van der Waals surface area contributed by atoms with E-state index in [1.54, 1.807) is 18.2 Å². The molecule has 0 unspecified atom stereocenters. The molecule has 0 fully saturated rings. The lowest BCUT2D eigenvalue weighted by Crippen LogP contribution is -2.39. The molecule has 0 atom stereocenters. The third kappa shape index (κ3) is 5.30. The lowest BCUT2D eigenvalue weighted by molar-refractivity contribution is -0.145.